The van der Waals surface area contributed by atoms with Crippen LogP contribution in [0.3, 0.4) is 0 Å². The first-order chi connectivity index (χ1) is 15.1. The van der Waals surface area contributed by atoms with E-state index in [1.165, 1.54) is 0 Å². The first-order valence-corrected chi connectivity index (χ1v) is 9.94. The minimum atomic E-state index is -0.231. The van der Waals surface area contributed by atoms with Gasteiger partial charge in [-0.3, -0.25) is 9.78 Å². The number of nitrogens with one attached hydrogen (secondary N) is 1. The maximum Gasteiger partial charge on any atom is 0.252 e. The highest BCUT2D eigenvalue weighted by Gasteiger charge is 2.17. The molecule has 2 heterocycles. The average molecular weight is 413 g/mol. The summed E-state index contributed by atoms with van der Waals surface area (Å²) in [5.41, 5.74) is 3.60. The van der Waals surface area contributed by atoms with E-state index in [2.05, 4.69) is 10.3 Å². The number of methoxy groups -OCH3 is 2. The molecule has 0 aliphatic rings. The minimum absolute atomic E-state index is 0.182. The van der Waals surface area contributed by atoms with E-state index >= 15 is 0 Å². The molecule has 0 radical (unpaired) electrons. The standard InChI is InChI=1S/C25H23N3O3/c1-16(20-9-6-7-13-26-20)27-25(29)19-15-22(28-21-10-5-4-8-18(19)21)17-11-12-23(30-2)24(14-17)31-3/h4-16H,1-3H3,(H,27,29)/t16-/m0/s1. The SMILES string of the molecule is COc1ccc(-c2cc(C(=O)N[C@@H](C)c3ccccn3)c3ccccc3n2)cc1OC. The van der Waals surface area contributed by atoms with Crippen LogP contribution in [0.25, 0.3) is 22.2 Å². The zero-order valence-electron chi connectivity index (χ0n) is 17.6. The fourth-order valence-electron chi connectivity index (χ4n) is 3.49. The number of pyridine rings is 2. The molecule has 0 saturated heterocycles. The molecule has 0 unspecified atom stereocenters. The number of hydrogen-bond acceptors (Lipinski definition) is 5. The average Bonchev–Trinajstić information content (AvgIpc) is 2.83. The topological polar surface area (TPSA) is 73.3 Å². The van der Waals surface area contributed by atoms with Gasteiger partial charge in [-0.05, 0) is 49.4 Å². The Morgan fingerprint density at radius 1 is 0.935 bits per heavy atom. The highest BCUT2D eigenvalue weighted by Crippen LogP contribution is 2.33. The summed E-state index contributed by atoms with van der Waals surface area (Å²) in [5, 5.41) is 3.84. The van der Waals surface area contributed by atoms with Crippen LogP contribution in [-0.2, 0) is 0 Å². The van der Waals surface area contributed by atoms with Gasteiger partial charge in [0.05, 0.1) is 42.7 Å². The van der Waals surface area contributed by atoms with Crippen molar-refractivity contribution in [3.8, 4) is 22.8 Å². The van der Waals surface area contributed by atoms with Crippen molar-refractivity contribution in [3.05, 3.63) is 84.2 Å². The molecule has 1 amide bonds. The Morgan fingerprint density at radius 3 is 2.45 bits per heavy atom. The summed E-state index contributed by atoms with van der Waals surface area (Å²) in [6, 6.07) is 20.4. The Hall–Kier alpha value is -3.93. The Morgan fingerprint density at radius 2 is 1.71 bits per heavy atom. The molecule has 2 aromatic heterocycles. The highest BCUT2D eigenvalue weighted by atomic mass is 16.5. The van der Waals surface area contributed by atoms with Gasteiger partial charge >= 0.3 is 0 Å². The molecule has 6 nitrogen and oxygen atoms in total. The fourth-order valence-corrected chi connectivity index (χ4v) is 3.49. The molecule has 0 fully saturated rings. The van der Waals surface area contributed by atoms with Gasteiger partial charge in [-0.1, -0.05) is 24.3 Å². The molecular weight excluding hydrogens is 390 g/mol. The van der Waals surface area contributed by atoms with Crippen molar-refractivity contribution >= 4 is 16.8 Å². The summed E-state index contributed by atoms with van der Waals surface area (Å²) in [6.07, 6.45) is 1.72. The molecule has 0 aliphatic carbocycles. The number of carbonyl (C=O) groups excluding carboxylic acids is 1. The summed E-state index contributed by atoms with van der Waals surface area (Å²) in [7, 11) is 3.18. The first kappa shape index (κ1) is 20.3. The number of para-hydroxylation sites is 1. The van der Waals surface area contributed by atoms with Crippen LogP contribution in [0.15, 0.2) is 72.9 Å². The number of fused-ring (bicyclic) bond motifs is 1. The van der Waals surface area contributed by atoms with E-state index in [1.54, 1.807) is 20.4 Å². The number of ether oxygens (including phenoxy) is 2. The van der Waals surface area contributed by atoms with E-state index in [4.69, 9.17) is 14.5 Å². The van der Waals surface area contributed by atoms with E-state index in [1.807, 2.05) is 73.7 Å². The van der Waals surface area contributed by atoms with Crippen molar-refractivity contribution < 1.29 is 14.3 Å². The maximum atomic E-state index is 13.2. The number of rotatable bonds is 6. The van der Waals surface area contributed by atoms with Crippen LogP contribution in [0.1, 0.15) is 29.0 Å². The zero-order chi connectivity index (χ0) is 21.8. The van der Waals surface area contributed by atoms with Crippen LogP contribution in [0, 0.1) is 0 Å². The molecule has 0 aliphatic heterocycles. The minimum Gasteiger partial charge on any atom is -0.493 e. The van der Waals surface area contributed by atoms with Crippen molar-refractivity contribution in [1.82, 2.24) is 15.3 Å². The van der Waals surface area contributed by atoms with Crippen molar-refractivity contribution in [2.24, 2.45) is 0 Å². The van der Waals surface area contributed by atoms with Crippen LogP contribution in [0.5, 0.6) is 11.5 Å². The van der Waals surface area contributed by atoms with E-state index in [-0.39, 0.29) is 11.9 Å². The van der Waals surface area contributed by atoms with Crippen molar-refractivity contribution in [3.63, 3.8) is 0 Å². The summed E-state index contributed by atoms with van der Waals surface area (Å²) >= 11 is 0. The molecule has 4 aromatic rings. The van der Waals surface area contributed by atoms with Crippen LogP contribution in [0.4, 0.5) is 0 Å². The lowest BCUT2D eigenvalue weighted by molar-refractivity contribution is 0.0940. The monoisotopic (exact) mass is 413 g/mol. The molecule has 31 heavy (non-hydrogen) atoms. The molecule has 156 valence electrons. The molecule has 1 N–H and O–H groups in total. The number of aromatic nitrogens is 2. The second-order valence-corrected chi connectivity index (χ2v) is 7.09. The van der Waals surface area contributed by atoms with Gasteiger partial charge in [-0.15, -0.1) is 0 Å². The van der Waals surface area contributed by atoms with Crippen LogP contribution >= 0.6 is 0 Å². The van der Waals surface area contributed by atoms with Gasteiger partial charge < -0.3 is 14.8 Å². The third kappa shape index (κ3) is 4.19. The zero-order valence-corrected chi connectivity index (χ0v) is 17.6. The maximum absolute atomic E-state index is 13.2. The predicted molar refractivity (Wildman–Crippen MR) is 120 cm³/mol. The summed E-state index contributed by atoms with van der Waals surface area (Å²) in [6.45, 7) is 1.92. The Bertz CT molecular complexity index is 1230. The van der Waals surface area contributed by atoms with E-state index < -0.39 is 0 Å². The number of carbonyl (C=O) groups is 1. The van der Waals surface area contributed by atoms with Gasteiger partial charge in [-0.2, -0.15) is 0 Å². The summed E-state index contributed by atoms with van der Waals surface area (Å²) < 4.78 is 10.8. The molecule has 0 bridgehead atoms. The lowest BCUT2D eigenvalue weighted by Gasteiger charge is -2.15. The highest BCUT2D eigenvalue weighted by molar-refractivity contribution is 6.07. The van der Waals surface area contributed by atoms with Gasteiger partial charge in [0.2, 0.25) is 0 Å². The molecule has 0 spiro atoms. The van der Waals surface area contributed by atoms with Crippen molar-refractivity contribution in [2.75, 3.05) is 14.2 Å². The fraction of sp³-hybridized carbons (Fsp3) is 0.160. The van der Waals surface area contributed by atoms with Crippen molar-refractivity contribution in [2.45, 2.75) is 13.0 Å². The Balaban J connectivity index is 1.76. The predicted octanol–water partition coefficient (Wildman–Crippen LogP) is 4.81. The second-order valence-electron chi connectivity index (χ2n) is 7.09. The largest absolute Gasteiger partial charge is 0.493 e. The smallest absolute Gasteiger partial charge is 0.252 e. The first-order valence-electron chi connectivity index (χ1n) is 9.94. The number of hydrogen-bond donors (Lipinski definition) is 1. The Labute approximate surface area is 180 Å². The van der Waals surface area contributed by atoms with Gasteiger partial charge in [0.1, 0.15) is 0 Å². The molecule has 6 heteroatoms. The summed E-state index contributed by atoms with van der Waals surface area (Å²) in [5.74, 6) is 1.05. The number of benzene rings is 2. The van der Waals surface area contributed by atoms with Crippen molar-refractivity contribution in [1.29, 1.82) is 0 Å². The summed E-state index contributed by atoms with van der Waals surface area (Å²) in [4.78, 5) is 22.3. The van der Waals surface area contributed by atoms with Gasteiger partial charge in [0.25, 0.3) is 5.91 Å². The van der Waals surface area contributed by atoms with E-state index in [0.717, 1.165) is 22.2 Å². The van der Waals surface area contributed by atoms with Crippen LogP contribution in [-0.4, -0.2) is 30.1 Å². The lowest BCUT2D eigenvalue weighted by atomic mass is 10.0. The van der Waals surface area contributed by atoms with E-state index in [0.29, 0.717) is 22.8 Å². The Kier molecular flexibility index (Phi) is 5.80. The third-order valence-electron chi connectivity index (χ3n) is 5.12. The van der Waals surface area contributed by atoms with Crippen LogP contribution < -0.4 is 14.8 Å². The second kappa shape index (κ2) is 8.83. The van der Waals surface area contributed by atoms with Gasteiger partial charge in [-0.25, -0.2) is 4.98 Å². The molecule has 1 atom stereocenters. The third-order valence-corrected chi connectivity index (χ3v) is 5.12. The normalized spacial score (nSPS) is 11.7. The number of amides is 1. The van der Waals surface area contributed by atoms with Gasteiger partial charge in [0.15, 0.2) is 11.5 Å². The van der Waals surface area contributed by atoms with Gasteiger partial charge in [0, 0.05) is 17.1 Å². The van der Waals surface area contributed by atoms with Crippen LogP contribution in [0.2, 0.25) is 0 Å². The number of nitrogens with zero attached hydrogens (tertiary/aromatic N) is 2. The molecule has 2 aromatic carbocycles. The molecule has 0 saturated carbocycles. The lowest BCUT2D eigenvalue weighted by Crippen LogP contribution is -2.27. The van der Waals surface area contributed by atoms with E-state index in [9.17, 15) is 4.79 Å². The molecule has 4 rings (SSSR count). The molecular formula is C25H23N3O3. The quantitative estimate of drug-likeness (QED) is 0.491.